The maximum Gasteiger partial charge on any atom is 0.251 e. The van der Waals surface area contributed by atoms with Gasteiger partial charge in [0.2, 0.25) is 0 Å². The van der Waals surface area contributed by atoms with Crippen LogP contribution < -0.4 is 14.8 Å². The third kappa shape index (κ3) is 4.81. The van der Waals surface area contributed by atoms with Crippen LogP contribution in [0.25, 0.3) is 0 Å². The first-order chi connectivity index (χ1) is 13.6. The summed E-state index contributed by atoms with van der Waals surface area (Å²) in [4.78, 5) is 16.6. The number of carbonyl (C=O) groups is 1. The molecule has 0 unspecified atom stereocenters. The molecule has 2 aromatic carbocycles. The van der Waals surface area contributed by atoms with Gasteiger partial charge in [-0.05, 0) is 48.9 Å². The van der Waals surface area contributed by atoms with E-state index in [1.54, 1.807) is 37.7 Å². The number of benzene rings is 2. The zero-order chi connectivity index (χ0) is 19.9. The second-order valence-corrected chi connectivity index (χ2v) is 6.63. The predicted octanol–water partition coefficient (Wildman–Crippen LogP) is 4.81. The van der Waals surface area contributed by atoms with Crippen molar-refractivity contribution in [2.24, 2.45) is 0 Å². The lowest BCUT2D eigenvalue weighted by Crippen LogP contribution is -2.26. The first-order valence-electron chi connectivity index (χ1n) is 8.83. The van der Waals surface area contributed by atoms with Crippen LogP contribution in [0.3, 0.4) is 0 Å². The average Bonchev–Trinajstić information content (AvgIpc) is 2.73. The van der Waals surface area contributed by atoms with Crippen molar-refractivity contribution in [3.05, 3.63) is 88.7 Å². The SMILES string of the molecule is COc1cc(C(=O)N[C@@H](C)c2ccncc2)ccc1OCc1ccccc1Cl. The molecular weight excluding hydrogens is 376 g/mol. The maximum absolute atomic E-state index is 12.6. The van der Waals surface area contributed by atoms with E-state index in [1.165, 1.54) is 0 Å². The van der Waals surface area contributed by atoms with Crippen LogP contribution >= 0.6 is 11.6 Å². The monoisotopic (exact) mass is 396 g/mol. The largest absolute Gasteiger partial charge is 0.493 e. The summed E-state index contributed by atoms with van der Waals surface area (Å²) >= 11 is 6.16. The van der Waals surface area contributed by atoms with Gasteiger partial charge < -0.3 is 14.8 Å². The smallest absolute Gasteiger partial charge is 0.251 e. The molecule has 144 valence electrons. The molecule has 6 heteroatoms. The number of amides is 1. The van der Waals surface area contributed by atoms with Gasteiger partial charge in [0, 0.05) is 28.5 Å². The molecule has 3 aromatic rings. The van der Waals surface area contributed by atoms with Gasteiger partial charge in [-0.1, -0.05) is 29.8 Å². The Morgan fingerprint density at radius 3 is 2.57 bits per heavy atom. The van der Waals surface area contributed by atoms with Gasteiger partial charge in [0.05, 0.1) is 13.2 Å². The van der Waals surface area contributed by atoms with Crippen molar-refractivity contribution >= 4 is 17.5 Å². The Balaban J connectivity index is 1.70. The molecule has 0 bridgehead atoms. The highest BCUT2D eigenvalue weighted by Gasteiger charge is 2.14. The van der Waals surface area contributed by atoms with E-state index in [9.17, 15) is 4.79 Å². The van der Waals surface area contributed by atoms with Gasteiger partial charge in [-0.2, -0.15) is 0 Å². The van der Waals surface area contributed by atoms with E-state index in [1.807, 2.05) is 43.3 Å². The van der Waals surface area contributed by atoms with Crippen LogP contribution in [-0.2, 0) is 6.61 Å². The number of rotatable bonds is 7. The van der Waals surface area contributed by atoms with E-state index < -0.39 is 0 Å². The molecule has 0 radical (unpaired) electrons. The zero-order valence-corrected chi connectivity index (χ0v) is 16.4. The number of hydrogen-bond donors (Lipinski definition) is 1. The lowest BCUT2D eigenvalue weighted by atomic mass is 10.1. The molecular formula is C22H21ClN2O3. The number of halogens is 1. The van der Waals surface area contributed by atoms with Gasteiger partial charge in [-0.25, -0.2) is 0 Å². The van der Waals surface area contributed by atoms with Crippen LogP contribution in [0.2, 0.25) is 5.02 Å². The average molecular weight is 397 g/mol. The standard InChI is InChI=1S/C22H21ClN2O3/c1-15(16-9-11-24-12-10-16)25-22(26)17-7-8-20(21(13-17)27-2)28-14-18-5-3-4-6-19(18)23/h3-13,15H,14H2,1-2H3,(H,25,26)/t15-/m0/s1. The van der Waals surface area contributed by atoms with Crippen LogP contribution in [0.15, 0.2) is 67.0 Å². The molecule has 1 heterocycles. The molecule has 0 saturated heterocycles. The van der Waals surface area contributed by atoms with Gasteiger partial charge in [0.15, 0.2) is 11.5 Å². The molecule has 28 heavy (non-hydrogen) atoms. The van der Waals surface area contributed by atoms with Gasteiger partial charge in [-0.15, -0.1) is 0 Å². The Morgan fingerprint density at radius 2 is 1.86 bits per heavy atom. The Hall–Kier alpha value is -3.05. The van der Waals surface area contributed by atoms with Crippen LogP contribution in [0.1, 0.15) is 34.5 Å². The van der Waals surface area contributed by atoms with E-state index in [-0.39, 0.29) is 11.9 Å². The van der Waals surface area contributed by atoms with E-state index in [2.05, 4.69) is 10.3 Å². The maximum atomic E-state index is 12.6. The Bertz CT molecular complexity index is 948. The highest BCUT2D eigenvalue weighted by atomic mass is 35.5. The quantitative estimate of drug-likeness (QED) is 0.622. The molecule has 1 N–H and O–H groups in total. The molecule has 0 aliphatic rings. The van der Waals surface area contributed by atoms with Crippen molar-refractivity contribution in [2.75, 3.05) is 7.11 Å². The lowest BCUT2D eigenvalue weighted by molar-refractivity contribution is 0.0939. The fourth-order valence-electron chi connectivity index (χ4n) is 2.71. The number of ether oxygens (including phenoxy) is 2. The number of nitrogens with zero attached hydrogens (tertiary/aromatic N) is 1. The van der Waals surface area contributed by atoms with Crippen LogP contribution in [0.4, 0.5) is 0 Å². The molecule has 0 saturated carbocycles. The summed E-state index contributed by atoms with van der Waals surface area (Å²) in [6.45, 7) is 2.23. The minimum absolute atomic E-state index is 0.141. The number of hydrogen-bond acceptors (Lipinski definition) is 4. The molecule has 0 spiro atoms. The molecule has 1 atom stereocenters. The molecule has 0 aliphatic carbocycles. The van der Waals surface area contributed by atoms with Crippen molar-refractivity contribution in [1.82, 2.24) is 10.3 Å². The number of aromatic nitrogens is 1. The Kier molecular flexibility index (Phi) is 6.50. The number of pyridine rings is 1. The first kappa shape index (κ1) is 19.7. The van der Waals surface area contributed by atoms with Crippen molar-refractivity contribution < 1.29 is 14.3 Å². The van der Waals surface area contributed by atoms with Gasteiger partial charge in [-0.3, -0.25) is 9.78 Å². The molecule has 5 nitrogen and oxygen atoms in total. The third-order valence-electron chi connectivity index (χ3n) is 4.32. The van der Waals surface area contributed by atoms with Crippen LogP contribution in [0, 0.1) is 0 Å². The van der Waals surface area contributed by atoms with Crippen LogP contribution in [0.5, 0.6) is 11.5 Å². The summed E-state index contributed by atoms with van der Waals surface area (Å²) in [5, 5.41) is 3.61. The second-order valence-electron chi connectivity index (χ2n) is 6.22. The zero-order valence-electron chi connectivity index (χ0n) is 15.7. The molecule has 1 amide bonds. The molecule has 0 fully saturated rings. The number of nitrogens with one attached hydrogen (secondary N) is 1. The first-order valence-corrected chi connectivity index (χ1v) is 9.21. The van der Waals surface area contributed by atoms with Crippen molar-refractivity contribution in [2.45, 2.75) is 19.6 Å². The minimum Gasteiger partial charge on any atom is -0.493 e. The summed E-state index contributed by atoms with van der Waals surface area (Å²) in [7, 11) is 1.54. The summed E-state index contributed by atoms with van der Waals surface area (Å²) < 4.78 is 11.2. The van der Waals surface area contributed by atoms with Gasteiger partial charge in [0.25, 0.3) is 5.91 Å². The van der Waals surface area contributed by atoms with E-state index >= 15 is 0 Å². The van der Waals surface area contributed by atoms with Crippen molar-refractivity contribution in [3.8, 4) is 11.5 Å². The summed E-state index contributed by atoms with van der Waals surface area (Å²) in [5.41, 5.74) is 2.34. The summed E-state index contributed by atoms with van der Waals surface area (Å²) in [6, 6.07) is 16.2. The topological polar surface area (TPSA) is 60.5 Å². The van der Waals surface area contributed by atoms with E-state index in [4.69, 9.17) is 21.1 Å². The Morgan fingerprint density at radius 1 is 1.11 bits per heavy atom. The predicted molar refractivity (Wildman–Crippen MR) is 109 cm³/mol. The highest BCUT2D eigenvalue weighted by molar-refractivity contribution is 6.31. The Labute approximate surface area is 169 Å². The molecule has 0 aliphatic heterocycles. The summed E-state index contributed by atoms with van der Waals surface area (Å²) in [6.07, 6.45) is 3.40. The van der Waals surface area contributed by atoms with Crippen molar-refractivity contribution in [3.63, 3.8) is 0 Å². The summed E-state index contributed by atoms with van der Waals surface area (Å²) in [5.74, 6) is 0.831. The van der Waals surface area contributed by atoms with Gasteiger partial charge in [0.1, 0.15) is 6.61 Å². The van der Waals surface area contributed by atoms with Crippen LogP contribution in [-0.4, -0.2) is 18.0 Å². The van der Waals surface area contributed by atoms with Gasteiger partial charge >= 0.3 is 0 Å². The number of carbonyl (C=O) groups excluding carboxylic acids is 1. The normalized spacial score (nSPS) is 11.5. The second kappa shape index (κ2) is 9.24. The van der Waals surface area contributed by atoms with E-state index in [0.29, 0.717) is 28.7 Å². The fraction of sp³-hybridized carbons (Fsp3) is 0.182. The molecule has 1 aromatic heterocycles. The lowest BCUT2D eigenvalue weighted by Gasteiger charge is -2.16. The van der Waals surface area contributed by atoms with Crippen molar-refractivity contribution in [1.29, 1.82) is 0 Å². The number of methoxy groups -OCH3 is 1. The highest BCUT2D eigenvalue weighted by Crippen LogP contribution is 2.30. The fourth-order valence-corrected chi connectivity index (χ4v) is 2.90. The van der Waals surface area contributed by atoms with E-state index in [0.717, 1.165) is 11.1 Å². The molecule has 3 rings (SSSR count). The third-order valence-corrected chi connectivity index (χ3v) is 4.69. The minimum atomic E-state index is -0.194.